The number of hydrogen-bond donors (Lipinski definition) is 0. The summed E-state index contributed by atoms with van der Waals surface area (Å²) in [5, 5.41) is 0. The third-order valence-electron chi connectivity index (χ3n) is 2.09. The summed E-state index contributed by atoms with van der Waals surface area (Å²) in [4.78, 5) is 10.8. The van der Waals surface area contributed by atoms with Crippen LogP contribution >= 0.6 is 15.9 Å². The van der Waals surface area contributed by atoms with E-state index in [-0.39, 0.29) is 0 Å². The van der Waals surface area contributed by atoms with Crippen LogP contribution in [0.2, 0.25) is 0 Å². The Hall–Kier alpha value is -0.620. The molecule has 0 amide bonds. The molecule has 0 aromatic rings. The fourth-order valence-electron chi connectivity index (χ4n) is 0.956. The highest BCUT2D eigenvalue weighted by Crippen LogP contribution is 2.52. The molecule has 0 heterocycles. The average Bonchev–Trinajstić information content (AvgIpc) is 2.20. The van der Waals surface area contributed by atoms with Crippen LogP contribution in [0.3, 0.4) is 0 Å². The highest BCUT2D eigenvalue weighted by molar-refractivity contribution is 9.10. The zero-order valence-electron chi connectivity index (χ0n) is 8.65. The van der Waals surface area contributed by atoms with Crippen molar-refractivity contribution in [2.24, 2.45) is 0 Å². The van der Waals surface area contributed by atoms with Crippen molar-refractivity contribution in [1.82, 2.24) is 0 Å². The van der Waals surface area contributed by atoms with Gasteiger partial charge in [0.05, 0.1) is 0 Å². The predicted molar refractivity (Wildman–Crippen MR) is 44.6 cm³/mol. The summed E-state index contributed by atoms with van der Waals surface area (Å²) in [6, 6.07) is 0. The standard InChI is InChI=1S/C7H2BrF11O/c8-3(1-9,5(11,12)13)2(20)4(10,6(14,15)16)7(17,18)19/h1H2. The summed E-state index contributed by atoms with van der Waals surface area (Å²) >= 11 is 1.10. The van der Waals surface area contributed by atoms with Gasteiger partial charge in [-0.3, -0.25) is 4.79 Å². The van der Waals surface area contributed by atoms with E-state index in [2.05, 4.69) is 0 Å². The summed E-state index contributed by atoms with van der Waals surface area (Å²) in [6.45, 7) is -3.06. The minimum absolute atomic E-state index is 1.10. The Morgan fingerprint density at radius 2 is 1.05 bits per heavy atom. The van der Waals surface area contributed by atoms with Crippen molar-refractivity contribution in [3.05, 3.63) is 0 Å². The van der Waals surface area contributed by atoms with Crippen LogP contribution < -0.4 is 0 Å². The van der Waals surface area contributed by atoms with Gasteiger partial charge in [-0.25, -0.2) is 8.78 Å². The predicted octanol–water partition coefficient (Wildman–Crippen LogP) is 4.05. The fourth-order valence-corrected chi connectivity index (χ4v) is 1.23. The second kappa shape index (κ2) is 4.98. The lowest BCUT2D eigenvalue weighted by molar-refractivity contribution is -0.328. The lowest BCUT2D eigenvalue weighted by atomic mass is 9.88. The first kappa shape index (κ1) is 19.4. The van der Waals surface area contributed by atoms with E-state index in [1.165, 1.54) is 0 Å². The zero-order valence-corrected chi connectivity index (χ0v) is 10.2. The summed E-state index contributed by atoms with van der Waals surface area (Å²) < 4.78 is 130. The number of ketones is 1. The number of alkyl halides is 12. The van der Waals surface area contributed by atoms with Crippen LogP contribution in [0.1, 0.15) is 0 Å². The van der Waals surface area contributed by atoms with Crippen molar-refractivity contribution < 1.29 is 53.1 Å². The van der Waals surface area contributed by atoms with Gasteiger partial charge in [0.1, 0.15) is 6.67 Å². The minimum Gasteiger partial charge on any atom is -0.293 e. The minimum atomic E-state index is -7.05. The van der Waals surface area contributed by atoms with Gasteiger partial charge in [0.15, 0.2) is 0 Å². The van der Waals surface area contributed by atoms with E-state index >= 15 is 0 Å². The van der Waals surface area contributed by atoms with Crippen LogP contribution in [-0.2, 0) is 4.79 Å². The Balaban J connectivity index is 6.21. The molecule has 1 nitrogen and oxygen atoms in total. The van der Waals surface area contributed by atoms with E-state index < -0.39 is 41.0 Å². The first-order valence-electron chi connectivity index (χ1n) is 4.15. The van der Waals surface area contributed by atoms with Crippen LogP contribution in [0.25, 0.3) is 0 Å². The molecule has 0 saturated heterocycles. The quantitative estimate of drug-likeness (QED) is 0.524. The SMILES string of the molecule is O=C(C(Br)(CF)C(F)(F)F)C(F)(C(F)(F)F)C(F)(F)F. The van der Waals surface area contributed by atoms with Crippen molar-refractivity contribution in [3.8, 4) is 0 Å². The molecule has 0 aromatic carbocycles. The average molecular weight is 391 g/mol. The van der Waals surface area contributed by atoms with Crippen molar-refractivity contribution in [2.45, 2.75) is 28.5 Å². The molecule has 0 spiro atoms. The van der Waals surface area contributed by atoms with E-state index in [9.17, 15) is 53.1 Å². The summed E-state index contributed by atoms with van der Waals surface area (Å²) in [6.07, 6.45) is -20.3. The first-order chi connectivity index (χ1) is 8.47. The molecule has 1 atom stereocenters. The van der Waals surface area contributed by atoms with Gasteiger partial charge < -0.3 is 0 Å². The van der Waals surface area contributed by atoms with Gasteiger partial charge in [-0.1, -0.05) is 15.9 Å². The molecule has 13 heteroatoms. The maximum Gasteiger partial charge on any atom is 0.439 e. The van der Waals surface area contributed by atoms with Gasteiger partial charge in [0.2, 0.25) is 10.1 Å². The van der Waals surface area contributed by atoms with Gasteiger partial charge in [0.25, 0.3) is 0 Å². The topological polar surface area (TPSA) is 17.1 Å². The molecule has 0 radical (unpaired) electrons. The smallest absolute Gasteiger partial charge is 0.293 e. The Morgan fingerprint density at radius 1 is 0.750 bits per heavy atom. The van der Waals surface area contributed by atoms with E-state index in [1.54, 1.807) is 0 Å². The molecule has 20 heavy (non-hydrogen) atoms. The largest absolute Gasteiger partial charge is 0.439 e. The highest BCUT2D eigenvalue weighted by Gasteiger charge is 2.82. The number of rotatable bonds is 3. The molecule has 0 fully saturated rings. The summed E-state index contributed by atoms with van der Waals surface area (Å²) in [5.74, 6) is -4.08. The maximum absolute atomic E-state index is 13.1. The molecule has 1 unspecified atom stereocenters. The van der Waals surface area contributed by atoms with Gasteiger partial charge in [-0.15, -0.1) is 0 Å². The fraction of sp³-hybridized carbons (Fsp3) is 0.857. The Labute approximate surface area is 111 Å². The lowest BCUT2D eigenvalue weighted by Crippen LogP contribution is -2.67. The van der Waals surface area contributed by atoms with E-state index in [0.717, 1.165) is 15.9 Å². The molecule has 0 aliphatic heterocycles. The third-order valence-corrected chi connectivity index (χ3v) is 3.11. The third kappa shape index (κ3) is 2.72. The Bertz CT molecular complexity index is 366. The van der Waals surface area contributed by atoms with Crippen LogP contribution in [0.5, 0.6) is 0 Å². The van der Waals surface area contributed by atoms with Crippen LogP contribution in [0, 0.1) is 0 Å². The molecule has 0 aliphatic rings. The molecule has 0 saturated carbocycles. The van der Waals surface area contributed by atoms with Gasteiger partial charge in [0, 0.05) is 0 Å². The van der Waals surface area contributed by atoms with Crippen LogP contribution in [-0.4, -0.2) is 41.0 Å². The summed E-state index contributed by atoms with van der Waals surface area (Å²) in [5.41, 5.74) is -6.87. The number of Topliss-reactive ketones (excluding diaryl/α,β-unsaturated/α-hetero) is 1. The Kier molecular flexibility index (Phi) is 4.83. The summed E-state index contributed by atoms with van der Waals surface area (Å²) in [7, 11) is 0. The molecule has 0 bridgehead atoms. The second-order valence-electron chi connectivity index (χ2n) is 3.42. The van der Waals surface area contributed by atoms with Crippen molar-refractivity contribution >= 4 is 21.7 Å². The van der Waals surface area contributed by atoms with E-state index in [4.69, 9.17) is 0 Å². The van der Waals surface area contributed by atoms with Gasteiger partial charge >= 0.3 is 24.2 Å². The van der Waals surface area contributed by atoms with Gasteiger partial charge in [-0.05, 0) is 0 Å². The van der Waals surface area contributed by atoms with Crippen LogP contribution in [0.4, 0.5) is 48.3 Å². The van der Waals surface area contributed by atoms with Crippen molar-refractivity contribution in [3.63, 3.8) is 0 Å². The normalized spacial score (nSPS) is 17.8. The van der Waals surface area contributed by atoms with Crippen LogP contribution in [0.15, 0.2) is 0 Å². The molecule has 0 rings (SSSR count). The highest BCUT2D eigenvalue weighted by atomic mass is 79.9. The molecule has 120 valence electrons. The molecular formula is C7H2BrF11O. The number of halogens is 12. The van der Waals surface area contributed by atoms with Crippen molar-refractivity contribution in [2.75, 3.05) is 6.67 Å². The van der Waals surface area contributed by atoms with Crippen molar-refractivity contribution in [1.29, 1.82) is 0 Å². The Morgan fingerprint density at radius 3 is 1.20 bits per heavy atom. The van der Waals surface area contributed by atoms with E-state index in [0.29, 0.717) is 0 Å². The van der Waals surface area contributed by atoms with E-state index in [1.807, 2.05) is 0 Å². The molecule has 0 aliphatic carbocycles. The number of carbonyl (C=O) groups excluding carboxylic acids is 1. The maximum atomic E-state index is 13.1. The molecular weight excluding hydrogens is 389 g/mol. The monoisotopic (exact) mass is 390 g/mol. The number of hydrogen-bond acceptors (Lipinski definition) is 1. The number of carbonyl (C=O) groups is 1. The lowest BCUT2D eigenvalue weighted by Gasteiger charge is -2.35. The second-order valence-corrected chi connectivity index (χ2v) is 4.77. The molecule has 0 aromatic heterocycles. The first-order valence-corrected chi connectivity index (χ1v) is 4.95. The zero-order chi connectivity index (χ0) is 16.8. The molecule has 0 N–H and O–H groups in total. The van der Waals surface area contributed by atoms with Gasteiger partial charge in [-0.2, -0.15) is 39.5 Å².